The number of aliphatic carboxylic acids is 1. The van der Waals surface area contributed by atoms with E-state index < -0.39 is 23.7 Å². The van der Waals surface area contributed by atoms with Crippen LogP contribution in [0.3, 0.4) is 0 Å². The molecule has 3 rings (SSSR count). The molecular formula is C18H30N2O4. The average Bonchev–Trinajstić information content (AvgIpc) is 3.08. The molecule has 136 valence electrons. The number of nitrogens with zero attached hydrogens (tertiary/aromatic N) is 2. The Morgan fingerprint density at radius 3 is 2.46 bits per heavy atom. The second-order valence-corrected chi connectivity index (χ2v) is 8.71. The van der Waals surface area contributed by atoms with Crippen LogP contribution >= 0.6 is 0 Å². The molecule has 3 fully saturated rings. The van der Waals surface area contributed by atoms with Crippen LogP contribution in [0.4, 0.5) is 4.79 Å². The molecule has 2 aliphatic carbocycles. The number of carbonyl (C=O) groups is 2. The number of rotatable bonds is 3. The summed E-state index contributed by atoms with van der Waals surface area (Å²) in [6.07, 6.45) is 4.85. The smallest absolute Gasteiger partial charge is 0.410 e. The molecule has 1 amide bonds. The average molecular weight is 338 g/mol. The largest absolute Gasteiger partial charge is 0.480 e. The molecule has 1 N–H and O–H groups in total. The quantitative estimate of drug-likeness (QED) is 0.856. The Kier molecular flexibility index (Phi) is 4.78. The molecule has 0 aromatic carbocycles. The molecule has 2 bridgehead atoms. The molecule has 3 aliphatic rings. The molecule has 1 aliphatic heterocycles. The van der Waals surface area contributed by atoms with E-state index in [9.17, 15) is 14.7 Å². The summed E-state index contributed by atoms with van der Waals surface area (Å²) in [6.45, 7) is 7.70. The van der Waals surface area contributed by atoms with Crippen molar-refractivity contribution in [3.05, 3.63) is 0 Å². The second-order valence-electron chi connectivity index (χ2n) is 8.71. The molecule has 6 heteroatoms. The standard InChI is InChI=1S/C18H30N2O4/c1-18(2,3)24-17(23)20-7-6-19(15(11-20)16(21)22)10-14-9-12-4-5-13(14)8-12/h12-15H,4-11H2,1-3H3,(H,21,22). The summed E-state index contributed by atoms with van der Waals surface area (Å²) in [5, 5.41) is 9.63. The molecule has 0 aromatic rings. The first-order valence-electron chi connectivity index (χ1n) is 9.17. The lowest BCUT2D eigenvalue weighted by Gasteiger charge is -2.41. The SMILES string of the molecule is CC(C)(C)OC(=O)N1CCN(CC2CC3CCC2C3)C(C(=O)O)C1. The van der Waals surface area contributed by atoms with Gasteiger partial charge in [0.1, 0.15) is 11.6 Å². The van der Waals surface area contributed by atoms with E-state index in [1.54, 1.807) is 4.90 Å². The Morgan fingerprint density at radius 1 is 1.17 bits per heavy atom. The van der Waals surface area contributed by atoms with Crippen molar-refractivity contribution in [1.29, 1.82) is 0 Å². The van der Waals surface area contributed by atoms with Gasteiger partial charge in [0.2, 0.25) is 0 Å². The minimum atomic E-state index is -0.841. The first-order chi connectivity index (χ1) is 11.2. The second kappa shape index (κ2) is 6.54. The number of hydrogen-bond acceptors (Lipinski definition) is 4. The number of hydrogen-bond donors (Lipinski definition) is 1. The van der Waals surface area contributed by atoms with Crippen LogP contribution in [-0.4, -0.2) is 64.8 Å². The fraction of sp³-hybridized carbons (Fsp3) is 0.889. The maximum Gasteiger partial charge on any atom is 0.410 e. The summed E-state index contributed by atoms with van der Waals surface area (Å²) < 4.78 is 5.39. The topological polar surface area (TPSA) is 70.1 Å². The van der Waals surface area contributed by atoms with Gasteiger partial charge in [-0.05, 0) is 57.8 Å². The molecule has 1 heterocycles. The Bertz CT molecular complexity index is 502. The third kappa shape index (κ3) is 3.85. The zero-order chi connectivity index (χ0) is 17.5. The number of carboxylic acids is 1. The van der Waals surface area contributed by atoms with Gasteiger partial charge in [0.25, 0.3) is 0 Å². The Labute approximate surface area is 144 Å². The lowest BCUT2D eigenvalue weighted by Crippen LogP contribution is -2.59. The number of fused-ring (bicyclic) bond motifs is 2. The lowest BCUT2D eigenvalue weighted by atomic mass is 9.88. The Hall–Kier alpha value is -1.30. The van der Waals surface area contributed by atoms with Crippen molar-refractivity contribution in [3.8, 4) is 0 Å². The molecular weight excluding hydrogens is 308 g/mol. The Balaban J connectivity index is 1.59. The van der Waals surface area contributed by atoms with Crippen molar-refractivity contribution < 1.29 is 19.4 Å². The van der Waals surface area contributed by atoms with E-state index in [2.05, 4.69) is 4.90 Å². The van der Waals surface area contributed by atoms with Crippen LogP contribution in [0.5, 0.6) is 0 Å². The number of amides is 1. The van der Waals surface area contributed by atoms with E-state index in [0.29, 0.717) is 19.0 Å². The van der Waals surface area contributed by atoms with Crippen LogP contribution in [-0.2, 0) is 9.53 Å². The zero-order valence-electron chi connectivity index (χ0n) is 15.0. The fourth-order valence-corrected chi connectivity index (χ4v) is 4.67. The van der Waals surface area contributed by atoms with Gasteiger partial charge in [0.05, 0.1) is 6.54 Å². The van der Waals surface area contributed by atoms with Gasteiger partial charge < -0.3 is 14.7 Å². The van der Waals surface area contributed by atoms with Crippen LogP contribution in [0.15, 0.2) is 0 Å². The normalized spacial score (nSPS) is 33.7. The highest BCUT2D eigenvalue weighted by atomic mass is 16.6. The van der Waals surface area contributed by atoms with Crippen molar-refractivity contribution in [1.82, 2.24) is 9.80 Å². The van der Waals surface area contributed by atoms with Crippen molar-refractivity contribution in [2.75, 3.05) is 26.2 Å². The van der Waals surface area contributed by atoms with Gasteiger partial charge in [0.15, 0.2) is 0 Å². The number of piperazine rings is 1. The van der Waals surface area contributed by atoms with Crippen molar-refractivity contribution in [2.24, 2.45) is 17.8 Å². The highest BCUT2D eigenvalue weighted by Gasteiger charge is 2.43. The van der Waals surface area contributed by atoms with Gasteiger partial charge in [-0.15, -0.1) is 0 Å². The lowest BCUT2D eigenvalue weighted by molar-refractivity contribution is -0.146. The zero-order valence-corrected chi connectivity index (χ0v) is 15.0. The van der Waals surface area contributed by atoms with Gasteiger partial charge in [0, 0.05) is 19.6 Å². The van der Waals surface area contributed by atoms with Crippen LogP contribution in [0, 0.1) is 17.8 Å². The Morgan fingerprint density at radius 2 is 1.92 bits per heavy atom. The van der Waals surface area contributed by atoms with Crippen molar-refractivity contribution >= 4 is 12.1 Å². The summed E-state index contributed by atoms with van der Waals surface area (Å²) in [5.74, 6) is 1.45. The van der Waals surface area contributed by atoms with Gasteiger partial charge in [-0.1, -0.05) is 6.42 Å². The first kappa shape index (κ1) is 17.5. The van der Waals surface area contributed by atoms with Crippen LogP contribution < -0.4 is 0 Å². The summed E-state index contributed by atoms with van der Waals surface area (Å²) in [7, 11) is 0. The number of carbonyl (C=O) groups excluding carboxylic acids is 1. The first-order valence-corrected chi connectivity index (χ1v) is 9.17. The van der Waals surface area contributed by atoms with Gasteiger partial charge in [-0.3, -0.25) is 9.69 Å². The molecule has 0 radical (unpaired) electrons. The maximum atomic E-state index is 12.2. The third-order valence-electron chi connectivity index (χ3n) is 5.78. The molecule has 6 nitrogen and oxygen atoms in total. The number of ether oxygens (including phenoxy) is 1. The third-order valence-corrected chi connectivity index (χ3v) is 5.78. The van der Waals surface area contributed by atoms with E-state index in [-0.39, 0.29) is 6.54 Å². The van der Waals surface area contributed by atoms with Crippen LogP contribution in [0.2, 0.25) is 0 Å². The van der Waals surface area contributed by atoms with Crippen LogP contribution in [0.25, 0.3) is 0 Å². The molecule has 1 saturated heterocycles. The predicted molar refractivity (Wildman–Crippen MR) is 89.7 cm³/mol. The van der Waals surface area contributed by atoms with Crippen LogP contribution in [0.1, 0.15) is 46.5 Å². The van der Waals surface area contributed by atoms with E-state index >= 15 is 0 Å². The molecule has 24 heavy (non-hydrogen) atoms. The molecule has 4 unspecified atom stereocenters. The highest BCUT2D eigenvalue weighted by molar-refractivity contribution is 5.76. The van der Waals surface area contributed by atoms with Gasteiger partial charge in [-0.2, -0.15) is 0 Å². The van der Waals surface area contributed by atoms with Crippen molar-refractivity contribution in [3.63, 3.8) is 0 Å². The minimum absolute atomic E-state index is 0.213. The maximum absolute atomic E-state index is 12.2. The van der Waals surface area contributed by atoms with Gasteiger partial charge >= 0.3 is 12.1 Å². The van der Waals surface area contributed by atoms with E-state index in [1.807, 2.05) is 20.8 Å². The summed E-state index contributed by atoms with van der Waals surface area (Å²) in [5.41, 5.74) is -0.560. The highest BCUT2D eigenvalue weighted by Crippen LogP contribution is 2.48. The monoisotopic (exact) mass is 338 g/mol. The number of carboxylic acid groups (broad SMARTS) is 1. The van der Waals surface area contributed by atoms with E-state index in [1.165, 1.54) is 25.7 Å². The van der Waals surface area contributed by atoms with E-state index in [4.69, 9.17) is 4.74 Å². The summed E-state index contributed by atoms with van der Waals surface area (Å²) in [4.78, 5) is 27.6. The molecule has 0 spiro atoms. The van der Waals surface area contributed by atoms with Crippen molar-refractivity contribution in [2.45, 2.75) is 58.1 Å². The fourth-order valence-electron chi connectivity index (χ4n) is 4.67. The molecule has 2 saturated carbocycles. The molecule has 0 aromatic heterocycles. The van der Waals surface area contributed by atoms with Gasteiger partial charge in [-0.25, -0.2) is 4.79 Å². The minimum Gasteiger partial charge on any atom is -0.480 e. The summed E-state index contributed by atoms with van der Waals surface area (Å²) in [6, 6.07) is -0.620. The van der Waals surface area contributed by atoms with E-state index in [0.717, 1.165) is 18.4 Å². The molecule has 4 atom stereocenters. The predicted octanol–water partition coefficient (Wildman–Crippen LogP) is 2.43. The summed E-state index contributed by atoms with van der Waals surface area (Å²) >= 11 is 0.